The van der Waals surface area contributed by atoms with Crippen LogP contribution < -0.4 is 5.32 Å². The number of aryl methyl sites for hydroxylation is 2. The van der Waals surface area contributed by atoms with Crippen molar-refractivity contribution in [2.45, 2.75) is 26.8 Å². The lowest BCUT2D eigenvalue weighted by Gasteiger charge is -2.07. The minimum Gasteiger partial charge on any atom is -0.361 e. The van der Waals surface area contributed by atoms with Crippen molar-refractivity contribution in [1.29, 1.82) is 0 Å². The fourth-order valence-corrected chi connectivity index (χ4v) is 3.28. The molecule has 0 bridgehead atoms. The van der Waals surface area contributed by atoms with E-state index in [9.17, 15) is 14.9 Å². The van der Waals surface area contributed by atoms with E-state index >= 15 is 0 Å². The van der Waals surface area contributed by atoms with Gasteiger partial charge in [-0.1, -0.05) is 17.3 Å². The third kappa shape index (κ3) is 4.53. The third-order valence-corrected chi connectivity index (χ3v) is 5.03. The summed E-state index contributed by atoms with van der Waals surface area (Å²) in [5.41, 5.74) is 4.08. The Morgan fingerprint density at radius 3 is 2.47 bits per heavy atom. The molecule has 32 heavy (non-hydrogen) atoms. The van der Waals surface area contributed by atoms with E-state index in [0.717, 1.165) is 17.5 Å². The predicted octanol–water partition coefficient (Wildman–Crippen LogP) is 3.68. The largest absolute Gasteiger partial charge is 0.390 e. The Labute approximate surface area is 183 Å². The summed E-state index contributed by atoms with van der Waals surface area (Å²) in [7, 11) is 0. The van der Waals surface area contributed by atoms with Crippen molar-refractivity contribution >= 4 is 17.4 Å². The quantitative estimate of drug-likeness (QED) is 0.348. The number of carbonyl (C=O) groups is 1. The van der Waals surface area contributed by atoms with Crippen molar-refractivity contribution in [3.05, 3.63) is 98.8 Å². The maximum Gasteiger partial charge on any atom is 0.390 e. The number of pyridine rings is 1. The summed E-state index contributed by atoms with van der Waals surface area (Å²) in [4.78, 5) is 27.3. The summed E-state index contributed by atoms with van der Waals surface area (Å²) in [5, 5.41) is 21.6. The number of aromatic nitrogens is 4. The SMILES string of the molecule is Cc1onc(C(=O)Nc2ccc(Cc3ccncc3)cc2)c1Cn1nc([N+](=O)[O-])cc1C. The highest BCUT2D eigenvalue weighted by atomic mass is 16.6. The molecule has 1 amide bonds. The first kappa shape index (κ1) is 20.9. The van der Waals surface area contributed by atoms with Gasteiger partial charge in [-0.3, -0.25) is 9.78 Å². The van der Waals surface area contributed by atoms with Gasteiger partial charge in [-0.05, 0) is 60.6 Å². The van der Waals surface area contributed by atoms with Crippen molar-refractivity contribution in [3.63, 3.8) is 0 Å². The van der Waals surface area contributed by atoms with Gasteiger partial charge in [0.1, 0.15) is 5.76 Å². The van der Waals surface area contributed by atoms with Crippen LogP contribution in [0, 0.1) is 24.0 Å². The fourth-order valence-electron chi connectivity index (χ4n) is 3.28. The molecule has 0 saturated heterocycles. The average Bonchev–Trinajstić information content (AvgIpc) is 3.33. The number of amides is 1. The Hall–Kier alpha value is -4.34. The van der Waals surface area contributed by atoms with Gasteiger partial charge in [0, 0.05) is 18.1 Å². The molecule has 4 aromatic rings. The molecule has 0 fully saturated rings. The smallest absolute Gasteiger partial charge is 0.361 e. The highest BCUT2D eigenvalue weighted by molar-refractivity contribution is 6.03. The number of nitrogens with one attached hydrogen (secondary N) is 1. The van der Waals surface area contributed by atoms with Crippen LogP contribution >= 0.6 is 0 Å². The van der Waals surface area contributed by atoms with Gasteiger partial charge in [-0.2, -0.15) is 4.68 Å². The van der Waals surface area contributed by atoms with Crippen LogP contribution in [0.2, 0.25) is 0 Å². The highest BCUT2D eigenvalue weighted by Gasteiger charge is 2.24. The lowest BCUT2D eigenvalue weighted by Crippen LogP contribution is -2.16. The number of benzene rings is 1. The van der Waals surface area contributed by atoms with Crippen LogP contribution in [-0.4, -0.2) is 30.8 Å². The molecule has 10 nitrogen and oxygen atoms in total. The number of carbonyl (C=O) groups excluding carboxylic acids is 1. The number of hydrogen-bond donors (Lipinski definition) is 1. The molecule has 4 rings (SSSR count). The zero-order chi connectivity index (χ0) is 22.7. The molecule has 0 unspecified atom stereocenters. The molecule has 0 aliphatic carbocycles. The van der Waals surface area contributed by atoms with Gasteiger partial charge in [0.05, 0.1) is 29.0 Å². The van der Waals surface area contributed by atoms with Gasteiger partial charge in [0.15, 0.2) is 5.69 Å². The van der Waals surface area contributed by atoms with E-state index in [-0.39, 0.29) is 18.1 Å². The van der Waals surface area contributed by atoms with Crippen molar-refractivity contribution < 1.29 is 14.2 Å². The van der Waals surface area contributed by atoms with E-state index in [0.29, 0.717) is 22.7 Å². The van der Waals surface area contributed by atoms with Gasteiger partial charge >= 0.3 is 5.82 Å². The maximum absolute atomic E-state index is 12.8. The molecule has 3 heterocycles. The molecule has 162 valence electrons. The van der Waals surface area contributed by atoms with E-state index in [1.807, 2.05) is 36.4 Å². The Kier molecular flexibility index (Phi) is 5.75. The Morgan fingerprint density at radius 2 is 1.81 bits per heavy atom. The number of nitrogens with zero attached hydrogens (tertiary/aromatic N) is 5. The number of nitro groups is 1. The van der Waals surface area contributed by atoms with Gasteiger partial charge in [0.2, 0.25) is 0 Å². The molecule has 1 aromatic carbocycles. The van der Waals surface area contributed by atoms with Crippen molar-refractivity contribution in [1.82, 2.24) is 19.9 Å². The second-order valence-corrected chi connectivity index (χ2v) is 7.31. The lowest BCUT2D eigenvalue weighted by atomic mass is 10.1. The van der Waals surface area contributed by atoms with Crippen LogP contribution in [0.4, 0.5) is 11.5 Å². The third-order valence-electron chi connectivity index (χ3n) is 5.03. The number of rotatable bonds is 7. The topological polar surface area (TPSA) is 129 Å². The van der Waals surface area contributed by atoms with Crippen molar-refractivity contribution in [2.75, 3.05) is 5.32 Å². The molecule has 3 aromatic heterocycles. The second kappa shape index (κ2) is 8.80. The molecule has 0 saturated carbocycles. The Morgan fingerprint density at radius 1 is 1.12 bits per heavy atom. The zero-order valence-corrected chi connectivity index (χ0v) is 17.5. The standard InChI is InChI=1S/C22H20N6O4/c1-14-11-20(28(30)31)25-27(14)13-19-15(2)32-26-21(19)22(29)24-18-5-3-16(4-6-18)12-17-7-9-23-10-8-17/h3-11H,12-13H2,1-2H3,(H,24,29). The Bertz CT molecular complexity index is 1260. The summed E-state index contributed by atoms with van der Waals surface area (Å²) >= 11 is 0. The van der Waals surface area contributed by atoms with E-state index in [1.165, 1.54) is 10.7 Å². The van der Waals surface area contributed by atoms with Crippen LogP contribution in [0.25, 0.3) is 0 Å². The van der Waals surface area contributed by atoms with Crippen molar-refractivity contribution in [2.24, 2.45) is 0 Å². The summed E-state index contributed by atoms with van der Waals surface area (Å²) in [6, 6.07) is 12.8. The van der Waals surface area contributed by atoms with E-state index in [2.05, 4.69) is 20.6 Å². The summed E-state index contributed by atoms with van der Waals surface area (Å²) in [6.45, 7) is 3.51. The molecule has 0 aliphatic rings. The first-order valence-corrected chi connectivity index (χ1v) is 9.84. The second-order valence-electron chi connectivity index (χ2n) is 7.31. The van der Waals surface area contributed by atoms with E-state index < -0.39 is 10.8 Å². The van der Waals surface area contributed by atoms with Gasteiger partial charge in [-0.15, -0.1) is 0 Å². The van der Waals surface area contributed by atoms with E-state index in [1.54, 1.807) is 26.2 Å². The highest BCUT2D eigenvalue weighted by Crippen LogP contribution is 2.20. The van der Waals surface area contributed by atoms with Crippen LogP contribution in [0.15, 0.2) is 59.4 Å². The van der Waals surface area contributed by atoms with Crippen LogP contribution in [-0.2, 0) is 13.0 Å². The van der Waals surface area contributed by atoms with Crippen LogP contribution in [0.1, 0.15) is 38.6 Å². The van der Waals surface area contributed by atoms with Crippen molar-refractivity contribution in [3.8, 4) is 0 Å². The molecule has 0 atom stereocenters. The molecule has 0 aliphatic heterocycles. The molecule has 1 N–H and O–H groups in total. The molecular weight excluding hydrogens is 412 g/mol. The van der Waals surface area contributed by atoms with Gasteiger partial charge < -0.3 is 20.0 Å². The molecule has 0 radical (unpaired) electrons. The summed E-state index contributed by atoms with van der Waals surface area (Å²) < 4.78 is 6.66. The lowest BCUT2D eigenvalue weighted by molar-refractivity contribution is -0.389. The van der Waals surface area contributed by atoms with Gasteiger partial charge in [-0.25, -0.2) is 0 Å². The average molecular weight is 432 g/mol. The molecular formula is C22H20N6O4. The van der Waals surface area contributed by atoms with Gasteiger partial charge in [0.25, 0.3) is 5.91 Å². The predicted molar refractivity (Wildman–Crippen MR) is 115 cm³/mol. The number of hydrogen-bond acceptors (Lipinski definition) is 7. The fraction of sp³-hybridized carbons (Fsp3) is 0.182. The van der Waals surface area contributed by atoms with E-state index in [4.69, 9.17) is 4.52 Å². The zero-order valence-electron chi connectivity index (χ0n) is 17.5. The number of anilines is 1. The minimum absolute atomic E-state index is 0.112. The minimum atomic E-state index is -0.560. The monoisotopic (exact) mass is 432 g/mol. The first-order chi connectivity index (χ1) is 15.4. The van der Waals surface area contributed by atoms with Crippen LogP contribution in [0.3, 0.4) is 0 Å². The Balaban J connectivity index is 1.48. The maximum atomic E-state index is 12.8. The summed E-state index contributed by atoms with van der Waals surface area (Å²) in [5.74, 6) is -0.243. The summed E-state index contributed by atoms with van der Waals surface area (Å²) in [6.07, 6.45) is 4.27. The first-order valence-electron chi connectivity index (χ1n) is 9.84. The van der Waals surface area contributed by atoms with Crippen LogP contribution in [0.5, 0.6) is 0 Å². The molecule has 10 heteroatoms. The normalized spacial score (nSPS) is 10.8. The molecule has 0 spiro atoms.